The van der Waals surface area contributed by atoms with Crippen molar-refractivity contribution < 1.29 is 4.79 Å². The fraction of sp³-hybridized carbons (Fsp3) is 0.571. The molecule has 1 aromatic carbocycles. The molecule has 0 aliphatic rings. The molecular weight excluding hydrogens is 282 g/mol. The number of hydrogen-bond donors (Lipinski definition) is 0. The van der Waals surface area contributed by atoms with Gasteiger partial charge in [-0.25, -0.2) is 0 Å². The van der Waals surface area contributed by atoms with Crippen LogP contribution < -0.4 is 0 Å². The molecule has 0 spiro atoms. The Morgan fingerprint density at radius 3 is 2.39 bits per heavy atom. The van der Waals surface area contributed by atoms with Crippen molar-refractivity contribution in [1.29, 1.82) is 0 Å². The quantitative estimate of drug-likeness (QED) is 0.371. The SMILES string of the molecule is CCCCCn1cc(C(CCC)CCC)c2ccc(C=O)cc21. The maximum absolute atomic E-state index is 11.2. The fourth-order valence-corrected chi connectivity index (χ4v) is 3.61. The Hall–Kier alpha value is -1.57. The molecular formula is C21H31NO. The third-order valence-corrected chi connectivity index (χ3v) is 4.79. The zero-order valence-corrected chi connectivity index (χ0v) is 15.0. The summed E-state index contributed by atoms with van der Waals surface area (Å²) in [6.07, 6.45) is 12.0. The van der Waals surface area contributed by atoms with Crippen LogP contribution in [0.3, 0.4) is 0 Å². The van der Waals surface area contributed by atoms with Crippen LogP contribution in [0.2, 0.25) is 0 Å². The van der Waals surface area contributed by atoms with Gasteiger partial charge in [-0.1, -0.05) is 58.6 Å². The highest BCUT2D eigenvalue weighted by Crippen LogP contribution is 2.34. The first kappa shape index (κ1) is 17.8. The van der Waals surface area contributed by atoms with E-state index in [1.54, 1.807) is 0 Å². The van der Waals surface area contributed by atoms with Crippen molar-refractivity contribution in [2.24, 2.45) is 0 Å². The summed E-state index contributed by atoms with van der Waals surface area (Å²) in [4.78, 5) is 11.2. The number of hydrogen-bond acceptors (Lipinski definition) is 1. The van der Waals surface area contributed by atoms with Gasteiger partial charge in [-0.15, -0.1) is 0 Å². The molecule has 1 heterocycles. The smallest absolute Gasteiger partial charge is 0.150 e. The molecule has 0 amide bonds. The molecule has 0 saturated heterocycles. The van der Waals surface area contributed by atoms with E-state index < -0.39 is 0 Å². The lowest BCUT2D eigenvalue weighted by atomic mass is 9.90. The van der Waals surface area contributed by atoms with Gasteiger partial charge in [-0.05, 0) is 36.8 Å². The summed E-state index contributed by atoms with van der Waals surface area (Å²) in [5.74, 6) is 0.641. The molecule has 0 bridgehead atoms. The minimum atomic E-state index is 0.641. The summed E-state index contributed by atoms with van der Waals surface area (Å²) in [5, 5.41) is 1.35. The number of aldehydes is 1. The number of aryl methyl sites for hydroxylation is 1. The second kappa shape index (κ2) is 8.90. The van der Waals surface area contributed by atoms with Gasteiger partial charge in [0.05, 0.1) is 0 Å². The lowest BCUT2D eigenvalue weighted by Crippen LogP contribution is -1.98. The topological polar surface area (TPSA) is 22.0 Å². The van der Waals surface area contributed by atoms with Gasteiger partial charge in [-0.2, -0.15) is 0 Å². The van der Waals surface area contributed by atoms with E-state index in [0.717, 1.165) is 18.4 Å². The molecule has 0 fully saturated rings. The molecule has 0 saturated carbocycles. The molecule has 0 N–H and O–H groups in total. The van der Waals surface area contributed by atoms with Crippen molar-refractivity contribution in [2.45, 2.75) is 78.2 Å². The van der Waals surface area contributed by atoms with Gasteiger partial charge in [0.15, 0.2) is 0 Å². The van der Waals surface area contributed by atoms with Crippen LogP contribution >= 0.6 is 0 Å². The van der Waals surface area contributed by atoms with Crippen molar-refractivity contribution in [3.63, 3.8) is 0 Å². The summed E-state index contributed by atoms with van der Waals surface area (Å²) in [6, 6.07) is 6.18. The number of unbranched alkanes of at least 4 members (excludes halogenated alkanes) is 2. The Morgan fingerprint density at radius 2 is 1.78 bits per heavy atom. The lowest BCUT2D eigenvalue weighted by Gasteiger charge is -2.14. The predicted molar refractivity (Wildman–Crippen MR) is 99.4 cm³/mol. The number of benzene rings is 1. The van der Waals surface area contributed by atoms with Crippen LogP contribution in [0.5, 0.6) is 0 Å². The zero-order valence-electron chi connectivity index (χ0n) is 15.0. The van der Waals surface area contributed by atoms with Crippen LogP contribution in [0.25, 0.3) is 10.9 Å². The third-order valence-electron chi connectivity index (χ3n) is 4.79. The second-order valence-corrected chi connectivity index (χ2v) is 6.65. The summed E-state index contributed by atoms with van der Waals surface area (Å²) in [5.41, 5.74) is 3.50. The number of nitrogens with zero attached hydrogens (tertiary/aromatic N) is 1. The predicted octanol–water partition coefficient (Wildman–Crippen LogP) is 6.33. The van der Waals surface area contributed by atoms with Crippen molar-refractivity contribution in [3.05, 3.63) is 35.5 Å². The second-order valence-electron chi connectivity index (χ2n) is 6.65. The van der Waals surface area contributed by atoms with Crippen molar-refractivity contribution >= 4 is 17.2 Å². The molecule has 0 aliphatic heterocycles. The number of aromatic nitrogens is 1. The van der Waals surface area contributed by atoms with Gasteiger partial charge < -0.3 is 4.57 Å². The summed E-state index contributed by atoms with van der Waals surface area (Å²) < 4.78 is 2.38. The van der Waals surface area contributed by atoms with Gasteiger partial charge in [0.1, 0.15) is 6.29 Å². The molecule has 0 unspecified atom stereocenters. The van der Waals surface area contributed by atoms with Crippen molar-refractivity contribution in [1.82, 2.24) is 4.57 Å². The number of carbonyl (C=O) groups excluding carboxylic acids is 1. The van der Waals surface area contributed by atoms with Crippen LogP contribution in [0.1, 0.15) is 87.6 Å². The lowest BCUT2D eigenvalue weighted by molar-refractivity contribution is 0.112. The Bertz CT molecular complexity index is 620. The fourth-order valence-electron chi connectivity index (χ4n) is 3.61. The minimum Gasteiger partial charge on any atom is -0.347 e. The van der Waals surface area contributed by atoms with E-state index in [4.69, 9.17) is 0 Å². The van der Waals surface area contributed by atoms with Gasteiger partial charge in [0.2, 0.25) is 0 Å². The van der Waals surface area contributed by atoms with E-state index in [-0.39, 0.29) is 0 Å². The van der Waals surface area contributed by atoms with Gasteiger partial charge in [0.25, 0.3) is 0 Å². The van der Waals surface area contributed by atoms with Gasteiger partial charge >= 0.3 is 0 Å². The van der Waals surface area contributed by atoms with E-state index in [9.17, 15) is 4.79 Å². The molecule has 1 aromatic heterocycles. The van der Waals surface area contributed by atoms with E-state index >= 15 is 0 Å². The third kappa shape index (κ3) is 4.25. The molecule has 2 heteroatoms. The highest BCUT2D eigenvalue weighted by atomic mass is 16.1. The van der Waals surface area contributed by atoms with Crippen LogP contribution in [0.15, 0.2) is 24.4 Å². The first-order valence-corrected chi connectivity index (χ1v) is 9.33. The molecule has 0 atom stereocenters. The maximum Gasteiger partial charge on any atom is 0.150 e. The largest absolute Gasteiger partial charge is 0.347 e. The maximum atomic E-state index is 11.2. The summed E-state index contributed by atoms with van der Waals surface area (Å²) >= 11 is 0. The van der Waals surface area contributed by atoms with E-state index in [0.29, 0.717) is 5.92 Å². The van der Waals surface area contributed by atoms with Crippen molar-refractivity contribution in [3.8, 4) is 0 Å². The molecule has 0 aliphatic carbocycles. The Labute approximate surface area is 140 Å². The standard InChI is InChI=1S/C21H31NO/c1-4-7-8-13-22-15-20(18(9-5-2)10-6-3)19-12-11-17(16-23)14-21(19)22/h11-12,14-16,18H,4-10,13H2,1-3H3. The average Bonchev–Trinajstić information content (AvgIpc) is 2.93. The molecule has 23 heavy (non-hydrogen) atoms. The molecule has 2 rings (SSSR count). The highest BCUT2D eigenvalue weighted by Gasteiger charge is 2.17. The molecule has 0 radical (unpaired) electrons. The van der Waals surface area contributed by atoms with Crippen LogP contribution in [-0.4, -0.2) is 10.9 Å². The number of fused-ring (bicyclic) bond motifs is 1. The molecule has 2 aromatic rings. The van der Waals surface area contributed by atoms with Crippen LogP contribution in [0, 0.1) is 0 Å². The van der Waals surface area contributed by atoms with E-state index in [1.165, 1.54) is 61.4 Å². The first-order valence-electron chi connectivity index (χ1n) is 9.33. The Kier molecular flexibility index (Phi) is 6.88. The normalized spacial score (nSPS) is 11.5. The van der Waals surface area contributed by atoms with E-state index in [1.807, 2.05) is 6.07 Å². The Balaban J connectivity index is 2.44. The molecule has 126 valence electrons. The monoisotopic (exact) mass is 313 g/mol. The first-order chi connectivity index (χ1) is 11.2. The zero-order chi connectivity index (χ0) is 16.7. The minimum absolute atomic E-state index is 0.641. The summed E-state index contributed by atoms with van der Waals surface area (Å²) in [6.45, 7) is 7.83. The van der Waals surface area contributed by atoms with E-state index in [2.05, 4.69) is 43.7 Å². The van der Waals surface area contributed by atoms with Gasteiger partial charge in [0, 0.05) is 29.2 Å². The summed E-state index contributed by atoms with van der Waals surface area (Å²) in [7, 11) is 0. The molecule has 2 nitrogen and oxygen atoms in total. The number of rotatable bonds is 10. The van der Waals surface area contributed by atoms with Crippen LogP contribution in [-0.2, 0) is 6.54 Å². The highest BCUT2D eigenvalue weighted by molar-refractivity contribution is 5.90. The van der Waals surface area contributed by atoms with Gasteiger partial charge in [-0.3, -0.25) is 4.79 Å². The van der Waals surface area contributed by atoms with Crippen LogP contribution in [0.4, 0.5) is 0 Å². The Morgan fingerprint density at radius 1 is 1.04 bits per heavy atom. The van der Waals surface area contributed by atoms with Crippen molar-refractivity contribution in [2.75, 3.05) is 0 Å². The number of carbonyl (C=O) groups is 1. The average molecular weight is 313 g/mol.